The number of ether oxygens (including phenoxy) is 2. The zero-order valence-corrected chi connectivity index (χ0v) is 14.1. The zero-order chi connectivity index (χ0) is 20.1. The Morgan fingerprint density at radius 1 is 1.25 bits per heavy atom. The molecule has 10 nitrogen and oxygen atoms in total. The van der Waals surface area contributed by atoms with E-state index >= 15 is 0 Å². The second-order valence-corrected chi connectivity index (χ2v) is 5.10. The highest BCUT2D eigenvalue weighted by molar-refractivity contribution is 5.83. The van der Waals surface area contributed by atoms with Crippen molar-refractivity contribution in [1.29, 1.82) is 0 Å². The maximum atomic E-state index is 12.5. The quantitative estimate of drug-likeness (QED) is 0.693. The Morgan fingerprint density at radius 3 is 2.71 bits per heavy atom. The number of alkyl halides is 3. The highest BCUT2D eigenvalue weighted by atomic mass is 19.4. The minimum absolute atomic E-state index is 0.00596. The first-order valence-corrected chi connectivity index (χ1v) is 7.51. The fraction of sp³-hybridized carbons (Fsp3) is 0.200. The number of rotatable bonds is 5. The van der Waals surface area contributed by atoms with Gasteiger partial charge in [-0.3, -0.25) is 10.3 Å². The average Bonchev–Trinajstić information content (AvgIpc) is 3.18. The second kappa shape index (κ2) is 7.85. The van der Waals surface area contributed by atoms with Crippen molar-refractivity contribution in [2.45, 2.75) is 12.8 Å². The smallest absolute Gasteiger partial charge is 0.471 e. The molecule has 3 aromatic heterocycles. The topological polar surface area (TPSA) is 125 Å². The van der Waals surface area contributed by atoms with Crippen LogP contribution in [0.2, 0.25) is 0 Å². The number of nitrogens with one attached hydrogen (secondary N) is 1. The fourth-order valence-corrected chi connectivity index (χ4v) is 1.96. The van der Waals surface area contributed by atoms with E-state index in [1.807, 2.05) is 0 Å². The van der Waals surface area contributed by atoms with E-state index in [2.05, 4.69) is 34.9 Å². The van der Waals surface area contributed by atoms with Gasteiger partial charge in [-0.25, -0.2) is 14.8 Å². The van der Waals surface area contributed by atoms with Crippen LogP contribution < -0.4 is 10.1 Å². The Hall–Kier alpha value is -3.77. The number of aromatic nitrogens is 5. The Labute approximate surface area is 154 Å². The molecule has 3 aromatic rings. The van der Waals surface area contributed by atoms with Crippen LogP contribution in [0.1, 0.15) is 11.5 Å². The van der Waals surface area contributed by atoms with Crippen molar-refractivity contribution in [3.05, 3.63) is 42.3 Å². The maximum Gasteiger partial charge on any atom is 0.471 e. The van der Waals surface area contributed by atoms with Crippen LogP contribution in [0.25, 0.3) is 11.5 Å². The monoisotopic (exact) mass is 396 g/mol. The van der Waals surface area contributed by atoms with E-state index in [-0.39, 0.29) is 18.1 Å². The summed E-state index contributed by atoms with van der Waals surface area (Å²) in [6, 6.07) is 1.61. The lowest BCUT2D eigenvalue weighted by Crippen LogP contribution is -2.15. The lowest BCUT2D eigenvalue weighted by Gasteiger charge is -2.09. The molecule has 0 unspecified atom stereocenters. The molecule has 0 aliphatic rings. The van der Waals surface area contributed by atoms with E-state index in [1.165, 1.54) is 19.5 Å². The van der Waals surface area contributed by atoms with Gasteiger partial charge in [0.05, 0.1) is 19.5 Å². The molecule has 28 heavy (non-hydrogen) atoms. The Kier molecular flexibility index (Phi) is 5.33. The van der Waals surface area contributed by atoms with Crippen LogP contribution in [0, 0.1) is 0 Å². The number of carbonyl (C=O) groups excluding carboxylic acids is 1. The van der Waals surface area contributed by atoms with Crippen LogP contribution in [-0.4, -0.2) is 38.3 Å². The van der Waals surface area contributed by atoms with Gasteiger partial charge in [-0.2, -0.15) is 18.2 Å². The van der Waals surface area contributed by atoms with Crippen molar-refractivity contribution < 1.29 is 32.0 Å². The van der Waals surface area contributed by atoms with Gasteiger partial charge in [-0.1, -0.05) is 5.16 Å². The van der Waals surface area contributed by atoms with Gasteiger partial charge >= 0.3 is 18.2 Å². The summed E-state index contributed by atoms with van der Waals surface area (Å²) >= 11 is 0. The molecule has 0 spiro atoms. The van der Waals surface area contributed by atoms with Crippen LogP contribution in [-0.2, 0) is 17.5 Å². The third-order valence-corrected chi connectivity index (χ3v) is 3.22. The normalized spacial score (nSPS) is 11.1. The molecule has 0 atom stereocenters. The molecule has 1 N–H and O–H groups in total. The number of pyridine rings is 1. The van der Waals surface area contributed by atoms with Crippen molar-refractivity contribution >= 4 is 11.9 Å². The molecule has 0 fully saturated rings. The number of methoxy groups -OCH3 is 1. The van der Waals surface area contributed by atoms with E-state index in [0.29, 0.717) is 11.3 Å². The summed E-state index contributed by atoms with van der Waals surface area (Å²) in [5.74, 6) is -1.38. The molecule has 146 valence electrons. The minimum atomic E-state index is -4.76. The van der Waals surface area contributed by atoms with Crippen LogP contribution in [0.15, 0.2) is 35.4 Å². The van der Waals surface area contributed by atoms with E-state index < -0.39 is 24.0 Å². The van der Waals surface area contributed by atoms with Gasteiger partial charge in [-0.15, -0.1) is 0 Å². The van der Waals surface area contributed by atoms with Crippen LogP contribution in [0.3, 0.4) is 0 Å². The van der Waals surface area contributed by atoms with Crippen molar-refractivity contribution in [2.24, 2.45) is 0 Å². The molecule has 1 amide bonds. The Morgan fingerprint density at radius 2 is 2.07 bits per heavy atom. The van der Waals surface area contributed by atoms with Crippen molar-refractivity contribution in [3.8, 4) is 17.3 Å². The molecule has 0 saturated heterocycles. The summed E-state index contributed by atoms with van der Waals surface area (Å²) in [6.45, 7) is -0.0998. The van der Waals surface area contributed by atoms with E-state index in [4.69, 9.17) is 9.47 Å². The van der Waals surface area contributed by atoms with E-state index in [9.17, 15) is 18.0 Å². The third-order valence-electron chi connectivity index (χ3n) is 3.22. The van der Waals surface area contributed by atoms with Gasteiger partial charge in [0.15, 0.2) is 5.82 Å². The maximum absolute atomic E-state index is 12.5. The Balaban J connectivity index is 1.59. The second-order valence-electron chi connectivity index (χ2n) is 5.10. The number of carbonyl (C=O) groups is 1. The first-order valence-electron chi connectivity index (χ1n) is 7.51. The number of anilines is 1. The first-order chi connectivity index (χ1) is 13.4. The molecule has 0 bridgehead atoms. The van der Waals surface area contributed by atoms with Gasteiger partial charge in [0.2, 0.25) is 5.82 Å². The van der Waals surface area contributed by atoms with E-state index in [0.717, 1.165) is 12.4 Å². The van der Waals surface area contributed by atoms with Gasteiger partial charge < -0.3 is 14.0 Å². The van der Waals surface area contributed by atoms with Crippen LogP contribution in [0.5, 0.6) is 5.75 Å². The van der Waals surface area contributed by atoms with E-state index in [1.54, 1.807) is 6.07 Å². The number of hydrogen-bond donors (Lipinski definition) is 1. The Bertz CT molecular complexity index is 961. The molecular formula is C15H11F3N6O4. The minimum Gasteiger partial charge on any atom is -0.496 e. The van der Waals surface area contributed by atoms with Crippen molar-refractivity contribution in [1.82, 2.24) is 25.1 Å². The lowest BCUT2D eigenvalue weighted by molar-refractivity contribution is -0.159. The van der Waals surface area contributed by atoms with Crippen LogP contribution in [0.4, 0.5) is 23.8 Å². The molecule has 0 aliphatic carbocycles. The summed E-state index contributed by atoms with van der Waals surface area (Å²) in [7, 11) is 1.47. The summed E-state index contributed by atoms with van der Waals surface area (Å²) < 4.78 is 51.6. The van der Waals surface area contributed by atoms with Crippen LogP contribution >= 0.6 is 0 Å². The highest BCUT2D eigenvalue weighted by Gasteiger charge is 2.38. The zero-order valence-electron chi connectivity index (χ0n) is 14.1. The molecule has 0 aromatic carbocycles. The molecule has 0 saturated carbocycles. The summed E-state index contributed by atoms with van der Waals surface area (Å²) in [6.07, 6.45) is -0.398. The van der Waals surface area contributed by atoms with Crippen molar-refractivity contribution in [3.63, 3.8) is 0 Å². The van der Waals surface area contributed by atoms with Gasteiger partial charge in [-0.05, 0) is 6.07 Å². The molecule has 13 heteroatoms. The summed E-state index contributed by atoms with van der Waals surface area (Å²) in [5.41, 5.74) is 0.484. The summed E-state index contributed by atoms with van der Waals surface area (Å²) in [4.78, 5) is 26.6. The number of amides is 1. The van der Waals surface area contributed by atoms with Gasteiger partial charge in [0.25, 0.3) is 0 Å². The standard InChI is InChI=1S/C15H11F3N6O4/c1-26-10-2-3-19-4-8(10)7-27-14(25)22-11-6-20-9(5-21-11)12-23-13(28-24-12)15(16,17)18/h2-6H,7H2,1H3,(H,21,22,25). The van der Waals surface area contributed by atoms with Crippen molar-refractivity contribution in [2.75, 3.05) is 12.4 Å². The largest absolute Gasteiger partial charge is 0.496 e. The lowest BCUT2D eigenvalue weighted by atomic mass is 10.3. The van der Waals surface area contributed by atoms with Gasteiger partial charge in [0.1, 0.15) is 18.1 Å². The predicted molar refractivity (Wildman–Crippen MR) is 84.9 cm³/mol. The number of nitrogens with zero attached hydrogens (tertiary/aromatic N) is 5. The third kappa shape index (κ3) is 4.49. The fourth-order valence-electron chi connectivity index (χ4n) is 1.96. The molecule has 3 rings (SSSR count). The molecule has 0 aliphatic heterocycles. The first kappa shape index (κ1) is 19.0. The molecule has 3 heterocycles. The number of hydrogen-bond acceptors (Lipinski definition) is 9. The van der Waals surface area contributed by atoms with Gasteiger partial charge in [0, 0.05) is 18.0 Å². The average molecular weight is 396 g/mol. The predicted octanol–water partition coefficient (Wildman–Crippen LogP) is 2.70. The number of halogens is 3. The summed E-state index contributed by atoms with van der Waals surface area (Å²) in [5, 5.41) is 5.50. The molecular weight excluding hydrogens is 385 g/mol. The molecule has 0 radical (unpaired) electrons. The SMILES string of the molecule is COc1ccncc1COC(=O)Nc1cnc(-c2noc(C(F)(F)F)n2)cn1. The highest BCUT2D eigenvalue weighted by Crippen LogP contribution is 2.28.